The largest absolute Gasteiger partial charge is 0.351 e. The zero-order valence-corrected chi connectivity index (χ0v) is 15.3. The van der Waals surface area contributed by atoms with Crippen LogP contribution in [-0.2, 0) is 4.79 Å². The van der Waals surface area contributed by atoms with Gasteiger partial charge >= 0.3 is 6.03 Å². The van der Waals surface area contributed by atoms with Gasteiger partial charge in [0.15, 0.2) is 0 Å². The number of hydrogen-bond acceptors (Lipinski definition) is 3. The third-order valence-corrected chi connectivity index (χ3v) is 4.84. The number of nitrogens with zero attached hydrogens (tertiary/aromatic N) is 2. The third kappa shape index (κ3) is 3.98. The molecule has 0 bridgehead atoms. The number of carbonyl (C=O) groups excluding carboxylic acids is 3. The predicted molar refractivity (Wildman–Crippen MR) is 99.1 cm³/mol. The van der Waals surface area contributed by atoms with Gasteiger partial charge in [-0.2, -0.15) is 0 Å². The highest BCUT2D eigenvalue weighted by molar-refractivity contribution is 5.98. The summed E-state index contributed by atoms with van der Waals surface area (Å²) in [6.07, 6.45) is 1.75. The van der Waals surface area contributed by atoms with E-state index >= 15 is 0 Å². The molecule has 0 unspecified atom stereocenters. The first-order chi connectivity index (χ1) is 12.5. The maximum absolute atomic E-state index is 12.9. The van der Waals surface area contributed by atoms with Crippen molar-refractivity contribution in [3.63, 3.8) is 0 Å². The predicted octanol–water partition coefficient (Wildman–Crippen LogP) is 1.59. The highest BCUT2D eigenvalue weighted by Crippen LogP contribution is 2.21. The van der Waals surface area contributed by atoms with Gasteiger partial charge in [0.25, 0.3) is 5.91 Å². The second kappa shape index (κ2) is 7.76. The SMILES string of the molecule is CC(C)C(=O)N[C@@H]1CCCN(C(=O)c2cccc(N3CCNC3=O)c2)C1. The summed E-state index contributed by atoms with van der Waals surface area (Å²) in [5, 5.41) is 5.79. The molecule has 7 heteroatoms. The number of nitrogens with one attached hydrogen (secondary N) is 2. The van der Waals surface area contributed by atoms with E-state index in [0.29, 0.717) is 31.7 Å². The molecule has 2 aliphatic rings. The topological polar surface area (TPSA) is 81.8 Å². The number of rotatable bonds is 4. The fourth-order valence-electron chi connectivity index (χ4n) is 3.35. The molecule has 0 spiro atoms. The maximum Gasteiger partial charge on any atom is 0.321 e. The molecule has 2 N–H and O–H groups in total. The Morgan fingerprint density at radius 2 is 2.08 bits per heavy atom. The van der Waals surface area contributed by atoms with Gasteiger partial charge in [-0.3, -0.25) is 14.5 Å². The third-order valence-electron chi connectivity index (χ3n) is 4.84. The number of likely N-dealkylation sites (tertiary alicyclic amines) is 1. The fraction of sp³-hybridized carbons (Fsp3) is 0.526. The van der Waals surface area contributed by atoms with E-state index in [1.54, 1.807) is 28.0 Å². The Bertz CT molecular complexity index is 704. The lowest BCUT2D eigenvalue weighted by Crippen LogP contribution is -2.50. The van der Waals surface area contributed by atoms with E-state index in [9.17, 15) is 14.4 Å². The van der Waals surface area contributed by atoms with Crippen LogP contribution in [0, 0.1) is 5.92 Å². The van der Waals surface area contributed by atoms with Crippen LogP contribution in [0.4, 0.5) is 10.5 Å². The van der Waals surface area contributed by atoms with E-state index in [2.05, 4.69) is 10.6 Å². The van der Waals surface area contributed by atoms with Crippen LogP contribution in [0.5, 0.6) is 0 Å². The van der Waals surface area contributed by atoms with E-state index < -0.39 is 0 Å². The highest BCUT2D eigenvalue weighted by atomic mass is 16.2. The van der Waals surface area contributed by atoms with Gasteiger partial charge in [0.1, 0.15) is 0 Å². The number of carbonyl (C=O) groups is 3. The van der Waals surface area contributed by atoms with Crippen molar-refractivity contribution in [3.05, 3.63) is 29.8 Å². The highest BCUT2D eigenvalue weighted by Gasteiger charge is 2.27. The number of urea groups is 1. The van der Waals surface area contributed by atoms with Gasteiger partial charge in [0.2, 0.25) is 5.91 Å². The molecule has 2 saturated heterocycles. The molecular weight excluding hydrogens is 332 g/mol. The molecule has 0 radical (unpaired) electrons. The van der Waals surface area contributed by atoms with Gasteiger partial charge in [-0.1, -0.05) is 19.9 Å². The van der Waals surface area contributed by atoms with Crippen LogP contribution < -0.4 is 15.5 Å². The van der Waals surface area contributed by atoms with E-state index in [4.69, 9.17) is 0 Å². The van der Waals surface area contributed by atoms with Gasteiger partial charge in [-0.15, -0.1) is 0 Å². The molecule has 2 aliphatic heterocycles. The Kier molecular flexibility index (Phi) is 5.44. The maximum atomic E-state index is 12.9. The van der Waals surface area contributed by atoms with Gasteiger partial charge in [-0.25, -0.2) is 4.79 Å². The molecule has 0 aromatic heterocycles. The van der Waals surface area contributed by atoms with Crippen molar-refractivity contribution >= 4 is 23.5 Å². The summed E-state index contributed by atoms with van der Waals surface area (Å²) in [5.41, 5.74) is 1.30. The van der Waals surface area contributed by atoms with Gasteiger partial charge < -0.3 is 15.5 Å². The lowest BCUT2D eigenvalue weighted by molar-refractivity contribution is -0.125. The first-order valence-corrected chi connectivity index (χ1v) is 9.21. The first-order valence-electron chi connectivity index (χ1n) is 9.21. The minimum atomic E-state index is -0.135. The summed E-state index contributed by atoms with van der Waals surface area (Å²) in [6.45, 7) is 6.14. The van der Waals surface area contributed by atoms with E-state index in [1.165, 1.54) is 0 Å². The minimum Gasteiger partial charge on any atom is -0.351 e. The van der Waals surface area contributed by atoms with Crippen LogP contribution in [-0.4, -0.2) is 55.0 Å². The van der Waals surface area contributed by atoms with Crippen LogP contribution in [0.1, 0.15) is 37.0 Å². The summed E-state index contributed by atoms with van der Waals surface area (Å²) in [4.78, 5) is 40.1. The smallest absolute Gasteiger partial charge is 0.321 e. The Morgan fingerprint density at radius 1 is 1.27 bits per heavy atom. The van der Waals surface area contributed by atoms with Crippen molar-refractivity contribution in [1.82, 2.24) is 15.5 Å². The molecule has 26 heavy (non-hydrogen) atoms. The molecule has 2 heterocycles. The van der Waals surface area contributed by atoms with Crippen LogP contribution in [0.25, 0.3) is 0 Å². The van der Waals surface area contributed by atoms with E-state index in [1.807, 2.05) is 19.9 Å². The molecule has 3 rings (SSSR count). The molecule has 1 aromatic rings. The molecule has 1 aromatic carbocycles. The second-order valence-electron chi connectivity index (χ2n) is 7.19. The van der Waals surface area contributed by atoms with Crippen molar-refractivity contribution < 1.29 is 14.4 Å². The van der Waals surface area contributed by atoms with Crippen LogP contribution in [0.15, 0.2) is 24.3 Å². The molecule has 140 valence electrons. The fourth-order valence-corrected chi connectivity index (χ4v) is 3.35. The standard InChI is InChI=1S/C19H26N4O3/c1-13(2)17(24)21-15-6-4-9-22(12-15)18(25)14-5-3-7-16(11-14)23-10-8-20-19(23)26/h3,5,7,11,13,15H,4,6,8-10,12H2,1-2H3,(H,20,26)(H,21,24)/t15-/m1/s1. The lowest BCUT2D eigenvalue weighted by atomic mass is 10.0. The molecule has 4 amide bonds. The van der Waals surface area contributed by atoms with Crippen molar-refractivity contribution in [3.8, 4) is 0 Å². The van der Waals surface area contributed by atoms with E-state index in [0.717, 1.165) is 18.5 Å². The van der Waals surface area contributed by atoms with Crippen molar-refractivity contribution in [2.45, 2.75) is 32.7 Å². The summed E-state index contributed by atoms with van der Waals surface area (Å²) in [5.74, 6) is -0.106. The number of piperidine rings is 1. The average Bonchev–Trinajstić information content (AvgIpc) is 3.07. The minimum absolute atomic E-state index is 0.00450. The van der Waals surface area contributed by atoms with Crippen molar-refractivity contribution in [1.29, 1.82) is 0 Å². The summed E-state index contributed by atoms with van der Waals surface area (Å²) in [6, 6.07) is 7.04. The summed E-state index contributed by atoms with van der Waals surface area (Å²) in [7, 11) is 0. The molecule has 1 atom stereocenters. The average molecular weight is 358 g/mol. The number of benzene rings is 1. The van der Waals surface area contributed by atoms with E-state index in [-0.39, 0.29) is 29.8 Å². The number of hydrogen-bond donors (Lipinski definition) is 2. The van der Waals surface area contributed by atoms with Crippen LogP contribution in [0.2, 0.25) is 0 Å². The zero-order valence-electron chi connectivity index (χ0n) is 15.3. The number of anilines is 1. The number of amides is 4. The molecular formula is C19H26N4O3. The first kappa shape index (κ1) is 18.2. The van der Waals surface area contributed by atoms with Crippen molar-refractivity contribution in [2.24, 2.45) is 5.92 Å². The molecule has 7 nitrogen and oxygen atoms in total. The molecule has 0 saturated carbocycles. The quantitative estimate of drug-likeness (QED) is 0.858. The Balaban J connectivity index is 1.68. The van der Waals surface area contributed by atoms with Crippen molar-refractivity contribution in [2.75, 3.05) is 31.1 Å². The molecule has 0 aliphatic carbocycles. The van der Waals surface area contributed by atoms with Crippen LogP contribution in [0.3, 0.4) is 0 Å². The summed E-state index contributed by atoms with van der Waals surface area (Å²) < 4.78 is 0. The zero-order chi connectivity index (χ0) is 18.7. The monoisotopic (exact) mass is 358 g/mol. The van der Waals surface area contributed by atoms with Gasteiger partial charge in [0.05, 0.1) is 0 Å². The Hall–Kier alpha value is -2.57. The van der Waals surface area contributed by atoms with Gasteiger partial charge in [0, 0.05) is 49.4 Å². The summed E-state index contributed by atoms with van der Waals surface area (Å²) >= 11 is 0. The van der Waals surface area contributed by atoms with Gasteiger partial charge in [-0.05, 0) is 31.0 Å². The lowest BCUT2D eigenvalue weighted by Gasteiger charge is -2.33. The Morgan fingerprint density at radius 3 is 2.77 bits per heavy atom. The normalized spacial score (nSPS) is 20.3. The Labute approximate surface area is 153 Å². The van der Waals surface area contributed by atoms with Crippen LogP contribution >= 0.6 is 0 Å². The molecule has 2 fully saturated rings. The second-order valence-corrected chi connectivity index (χ2v) is 7.19.